The second-order valence-corrected chi connectivity index (χ2v) is 4.22. The number of hydrogen-bond donors (Lipinski definition) is 1. The Morgan fingerprint density at radius 1 is 1.41 bits per heavy atom. The van der Waals surface area contributed by atoms with Crippen molar-refractivity contribution in [2.24, 2.45) is 7.05 Å². The Bertz CT molecular complexity index is 483. The Kier molecular flexibility index (Phi) is 3.46. The maximum Gasteiger partial charge on any atom is 0.203 e. The second kappa shape index (κ2) is 5.03. The molecule has 0 aliphatic carbocycles. The zero-order valence-corrected chi connectivity index (χ0v) is 10.6. The normalized spacial score (nSPS) is 10.8. The molecule has 0 fully saturated rings. The van der Waals surface area contributed by atoms with Crippen LogP contribution in [0.1, 0.15) is 24.6 Å². The van der Waals surface area contributed by atoms with E-state index in [0.29, 0.717) is 0 Å². The lowest BCUT2D eigenvalue weighted by molar-refractivity contribution is 0.755. The van der Waals surface area contributed by atoms with Crippen molar-refractivity contribution in [1.29, 1.82) is 0 Å². The third-order valence-electron chi connectivity index (χ3n) is 2.70. The molecule has 0 radical (unpaired) electrons. The molecule has 0 saturated heterocycles. The summed E-state index contributed by atoms with van der Waals surface area (Å²) >= 11 is 0. The highest BCUT2D eigenvalue weighted by atomic mass is 15.3. The molecule has 0 aliphatic heterocycles. The number of nitrogens with one attached hydrogen (secondary N) is 1. The summed E-state index contributed by atoms with van der Waals surface area (Å²) in [4.78, 5) is 4.31. The van der Waals surface area contributed by atoms with Crippen LogP contribution >= 0.6 is 0 Å². The van der Waals surface area contributed by atoms with Gasteiger partial charge in [-0.15, -0.1) is 0 Å². The van der Waals surface area contributed by atoms with E-state index in [1.165, 1.54) is 5.56 Å². The number of aryl methyl sites for hydroxylation is 2. The molecule has 5 heteroatoms. The molecule has 2 aromatic rings. The third-order valence-corrected chi connectivity index (χ3v) is 2.70. The predicted octanol–water partition coefficient (Wildman–Crippen LogP) is 1.80. The molecule has 0 spiro atoms. The molecule has 5 nitrogen and oxygen atoms in total. The molecular weight excluding hydrogens is 214 g/mol. The van der Waals surface area contributed by atoms with E-state index >= 15 is 0 Å². The predicted molar refractivity (Wildman–Crippen MR) is 68.1 cm³/mol. The van der Waals surface area contributed by atoms with Crippen molar-refractivity contribution in [2.75, 3.05) is 11.9 Å². The molecule has 2 aromatic heterocycles. The van der Waals surface area contributed by atoms with Crippen LogP contribution in [0.25, 0.3) is 0 Å². The van der Waals surface area contributed by atoms with Gasteiger partial charge >= 0.3 is 0 Å². The van der Waals surface area contributed by atoms with Gasteiger partial charge in [0.1, 0.15) is 0 Å². The molecular formula is C12H19N5. The van der Waals surface area contributed by atoms with Gasteiger partial charge in [0.2, 0.25) is 5.95 Å². The van der Waals surface area contributed by atoms with Gasteiger partial charge in [-0.1, -0.05) is 6.92 Å². The van der Waals surface area contributed by atoms with Gasteiger partial charge in [0.05, 0.1) is 12.2 Å². The lowest BCUT2D eigenvalue weighted by Gasteiger charge is -2.08. The van der Waals surface area contributed by atoms with E-state index in [0.717, 1.165) is 31.2 Å². The van der Waals surface area contributed by atoms with E-state index < -0.39 is 0 Å². The molecule has 2 rings (SSSR count). The summed E-state index contributed by atoms with van der Waals surface area (Å²) in [5.41, 5.74) is 2.30. The minimum atomic E-state index is 0.811. The van der Waals surface area contributed by atoms with Crippen LogP contribution in [0.2, 0.25) is 0 Å². The number of aromatic nitrogens is 4. The zero-order chi connectivity index (χ0) is 12.3. The Labute approximate surface area is 101 Å². The SMILES string of the molecule is CCCNc1nccn1Cc1cn(C)nc1C. The highest BCUT2D eigenvalue weighted by Gasteiger charge is 2.07. The number of imidazole rings is 1. The molecule has 0 unspecified atom stereocenters. The molecule has 0 bridgehead atoms. The van der Waals surface area contributed by atoms with Gasteiger partial charge in [-0.2, -0.15) is 5.10 Å². The highest BCUT2D eigenvalue weighted by molar-refractivity contribution is 5.28. The standard InChI is InChI=1S/C12H19N5/c1-4-5-13-12-14-6-7-17(12)9-11-8-16(3)15-10(11)2/h6-8H,4-5,9H2,1-3H3,(H,13,14). The van der Waals surface area contributed by atoms with Crippen LogP contribution < -0.4 is 5.32 Å². The topological polar surface area (TPSA) is 47.7 Å². The van der Waals surface area contributed by atoms with E-state index in [2.05, 4.69) is 33.1 Å². The lowest BCUT2D eigenvalue weighted by Crippen LogP contribution is -2.08. The molecule has 1 N–H and O–H groups in total. The second-order valence-electron chi connectivity index (χ2n) is 4.22. The van der Waals surface area contributed by atoms with Gasteiger partial charge in [-0.3, -0.25) is 4.68 Å². The Hall–Kier alpha value is -1.78. The van der Waals surface area contributed by atoms with Crippen molar-refractivity contribution in [2.45, 2.75) is 26.8 Å². The molecule has 0 saturated carbocycles. The Morgan fingerprint density at radius 3 is 2.88 bits per heavy atom. The number of hydrogen-bond acceptors (Lipinski definition) is 3. The van der Waals surface area contributed by atoms with E-state index in [1.54, 1.807) is 0 Å². The first-order valence-electron chi connectivity index (χ1n) is 5.95. The zero-order valence-electron chi connectivity index (χ0n) is 10.6. The van der Waals surface area contributed by atoms with Crippen LogP contribution in [0.5, 0.6) is 0 Å². The first kappa shape index (κ1) is 11.7. The van der Waals surface area contributed by atoms with Gasteiger partial charge < -0.3 is 9.88 Å². The maximum atomic E-state index is 4.35. The van der Waals surface area contributed by atoms with Crippen molar-refractivity contribution in [3.8, 4) is 0 Å². The van der Waals surface area contributed by atoms with Crippen molar-refractivity contribution in [1.82, 2.24) is 19.3 Å². The highest BCUT2D eigenvalue weighted by Crippen LogP contribution is 2.11. The summed E-state index contributed by atoms with van der Waals surface area (Å²) in [5, 5.41) is 7.66. The van der Waals surface area contributed by atoms with Crippen LogP contribution in [-0.4, -0.2) is 25.9 Å². The summed E-state index contributed by atoms with van der Waals surface area (Å²) in [6.45, 7) is 5.94. The van der Waals surface area contributed by atoms with Crippen molar-refractivity contribution >= 4 is 5.95 Å². The average Bonchev–Trinajstić information content (AvgIpc) is 2.84. The van der Waals surface area contributed by atoms with E-state index in [9.17, 15) is 0 Å². The first-order valence-corrected chi connectivity index (χ1v) is 5.95. The summed E-state index contributed by atoms with van der Waals surface area (Å²) in [5.74, 6) is 0.926. The fraction of sp³-hybridized carbons (Fsp3) is 0.500. The largest absolute Gasteiger partial charge is 0.356 e. The number of nitrogens with zero attached hydrogens (tertiary/aromatic N) is 4. The Balaban J connectivity index is 2.13. The van der Waals surface area contributed by atoms with Crippen LogP contribution in [0.15, 0.2) is 18.6 Å². The van der Waals surface area contributed by atoms with Crippen LogP contribution in [0.3, 0.4) is 0 Å². The molecule has 92 valence electrons. The molecule has 0 aromatic carbocycles. The smallest absolute Gasteiger partial charge is 0.203 e. The van der Waals surface area contributed by atoms with Crippen molar-refractivity contribution in [3.63, 3.8) is 0 Å². The summed E-state index contributed by atoms with van der Waals surface area (Å²) in [6, 6.07) is 0. The van der Waals surface area contributed by atoms with Gasteiger partial charge in [-0.05, 0) is 13.3 Å². The van der Waals surface area contributed by atoms with Crippen molar-refractivity contribution < 1.29 is 0 Å². The maximum absolute atomic E-state index is 4.35. The minimum Gasteiger partial charge on any atom is -0.356 e. The van der Waals surface area contributed by atoms with Gasteiger partial charge in [-0.25, -0.2) is 4.98 Å². The van der Waals surface area contributed by atoms with Gasteiger partial charge in [0, 0.05) is 37.7 Å². The monoisotopic (exact) mass is 233 g/mol. The molecule has 17 heavy (non-hydrogen) atoms. The number of anilines is 1. The lowest BCUT2D eigenvalue weighted by atomic mass is 10.2. The fourth-order valence-corrected chi connectivity index (χ4v) is 1.83. The molecule has 0 atom stereocenters. The Morgan fingerprint density at radius 2 is 2.24 bits per heavy atom. The molecule has 2 heterocycles. The summed E-state index contributed by atoms with van der Waals surface area (Å²) < 4.78 is 3.96. The summed E-state index contributed by atoms with van der Waals surface area (Å²) in [7, 11) is 1.95. The summed E-state index contributed by atoms with van der Waals surface area (Å²) in [6.07, 6.45) is 6.96. The van der Waals surface area contributed by atoms with Crippen molar-refractivity contribution in [3.05, 3.63) is 29.8 Å². The quantitative estimate of drug-likeness (QED) is 0.856. The van der Waals surface area contributed by atoms with E-state index in [-0.39, 0.29) is 0 Å². The van der Waals surface area contributed by atoms with Crippen LogP contribution in [0, 0.1) is 6.92 Å². The minimum absolute atomic E-state index is 0.811. The van der Waals surface area contributed by atoms with Crippen LogP contribution in [-0.2, 0) is 13.6 Å². The molecule has 0 amide bonds. The van der Waals surface area contributed by atoms with Crippen LogP contribution in [0.4, 0.5) is 5.95 Å². The average molecular weight is 233 g/mol. The first-order chi connectivity index (χ1) is 8.20. The van der Waals surface area contributed by atoms with Gasteiger partial charge in [0.25, 0.3) is 0 Å². The third kappa shape index (κ3) is 2.67. The number of rotatable bonds is 5. The van der Waals surface area contributed by atoms with Gasteiger partial charge in [0.15, 0.2) is 0 Å². The van der Waals surface area contributed by atoms with E-state index in [1.807, 2.05) is 31.0 Å². The van der Waals surface area contributed by atoms with E-state index in [4.69, 9.17) is 0 Å². The fourth-order valence-electron chi connectivity index (χ4n) is 1.83. The molecule has 0 aliphatic rings.